The Bertz CT molecular complexity index is 433. The first-order chi connectivity index (χ1) is 8.84. The molecule has 0 saturated heterocycles. The zero-order valence-electron chi connectivity index (χ0n) is 12.8. The molecule has 0 atom stereocenters. The first-order valence-corrected chi connectivity index (χ1v) is 6.90. The van der Waals surface area contributed by atoms with Crippen LogP contribution in [0.1, 0.15) is 50.3 Å². The van der Waals surface area contributed by atoms with Crippen molar-refractivity contribution in [2.45, 2.75) is 52.4 Å². The molecule has 1 rings (SSSR count). The minimum Gasteiger partial charge on any atom is -0.292 e. The molecule has 3 heteroatoms. The lowest BCUT2D eigenvalue weighted by molar-refractivity contribution is -0.122. The molecule has 106 valence electrons. The largest absolute Gasteiger partial charge is 0.292 e. The van der Waals surface area contributed by atoms with Crippen LogP contribution in [-0.4, -0.2) is 13.0 Å². The van der Waals surface area contributed by atoms with E-state index in [9.17, 15) is 4.79 Å². The van der Waals surface area contributed by atoms with Crippen molar-refractivity contribution in [2.24, 2.45) is 0 Å². The highest BCUT2D eigenvalue weighted by molar-refractivity contribution is 5.75. The topological polar surface area (TPSA) is 41.1 Å². The Morgan fingerprint density at radius 1 is 1.26 bits per heavy atom. The van der Waals surface area contributed by atoms with Gasteiger partial charge in [-0.1, -0.05) is 39.0 Å². The van der Waals surface area contributed by atoms with Gasteiger partial charge in [0.25, 0.3) is 0 Å². The molecule has 1 aromatic rings. The molecule has 0 fully saturated rings. The Labute approximate surface area is 116 Å². The number of benzene rings is 1. The molecule has 0 aliphatic heterocycles. The molecule has 1 aromatic carbocycles. The van der Waals surface area contributed by atoms with Crippen LogP contribution < -0.4 is 10.9 Å². The Morgan fingerprint density at radius 3 is 2.53 bits per heavy atom. The lowest BCUT2D eigenvalue weighted by atomic mass is 9.84. The van der Waals surface area contributed by atoms with Crippen LogP contribution in [0.15, 0.2) is 18.2 Å². The number of carbonyl (C=O) groups excluding carboxylic acids is 1. The summed E-state index contributed by atoms with van der Waals surface area (Å²) >= 11 is 0. The first kappa shape index (κ1) is 15.7. The van der Waals surface area contributed by atoms with Gasteiger partial charge in [0.15, 0.2) is 0 Å². The Hall–Kier alpha value is -1.35. The summed E-state index contributed by atoms with van der Waals surface area (Å²) in [6.07, 6.45) is 2.38. The maximum absolute atomic E-state index is 11.4. The van der Waals surface area contributed by atoms with E-state index >= 15 is 0 Å². The zero-order valence-corrected chi connectivity index (χ0v) is 12.8. The smallest absolute Gasteiger partial charge is 0.234 e. The lowest BCUT2D eigenvalue weighted by Gasteiger charge is -2.21. The fourth-order valence-corrected chi connectivity index (χ4v) is 2.05. The fourth-order valence-electron chi connectivity index (χ4n) is 2.05. The van der Waals surface area contributed by atoms with Crippen LogP contribution >= 0.6 is 0 Å². The van der Waals surface area contributed by atoms with Gasteiger partial charge >= 0.3 is 0 Å². The molecule has 0 radical (unpaired) electrons. The normalized spacial score (nSPS) is 11.4. The average molecular weight is 262 g/mol. The number of hydrogen-bond acceptors (Lipinski definition) is 2. The molecule has 0 aliphatic rings. The Morgan fingerprint density at radius 2 is 1.95 bits per heavy atom. The summed E-state index contributed by atoms with van der Waals surface area (Å²) in [4.78, 5) is 11.4. The van der Waals surface area contributed by atoms with Crippen molar-refractivity contribution in [3.05, 3.63) is 34.9 Å². The van der Waals surface area contributed by atoms with E-state index in [1.165, 1.54) is 16.7 Å². The summed E-state index contributed by atoms with van der Waals surface area (Å²) < 4.78 is 0. The first-order valence-electron chi connectivity index (χ1n) is 6.90. The number of hydrazine groups is 1. The summed E-state index contributed by atoms with van der Waals surface area (Å²) in [7, 11) is 1.70. The number of rotatable bonds is 5. The second-order valence-electron chi connectivity index (χ2n) is 6.04. The van der Waals surface area contributed by atoms with Crippen LogP contribution in [0, 0.1) is 6.92 Å². The van der Waals surface area contributed by atoms with Gasteiger partial charge in [-0.2, -0.15) is 0 Å². The fraction of sp³-hybridized carbons (Fsp3) is 0.562. The number of hydrogen-bond donors (Lipinski definition) is 2. The number of amides is 1. The quantitative estimate of drug-likeness (QED) is 0.801. The van der Waals surface area contributed by atoms with Gasteiger partial charge in [0, 0.05) is 13.5 Å². The second kappa shape index (κ2) is 6.71. The molecule has 0 saturated carbocycles. The predicted molar refractivity (Wildman–Crippen MR) is 80.0 cm³/mol. The van der Waals surface area contributed by atoms with Gasteiger partial charge in [-0.25, -0.2) is 5.43 Å². The van der Waals surface area contributed by atoms with Gasteiger partial charge < -0.3 is 0 Å². The summed E-state index contributed by atoms with van der Waals surface area (Å²) in [5.41, 5.74) is 9.44. The van der Waals surface area contributed by atoms with E-state index in [1.54, 1.807) is 7.05 Å². The molecule has 0 spiro atoms. The van der Waals surface area contributed by atoms with Crippen molar-refractivity contribution in [3.8, 4) is 0 Å². The summed E-state index contributed by atoms with van der Waals surface area (Å²) in [6.45, 7) is 8.81. The van der Waals surface area contributed by atoms with Crippen molar-refractivity contribution < 1.29 is 4.79 Å². The van der Waals surface area contributed by atoms with Crippen molar-refractivity contribution in [1.82, 2.24) is 10.9 Å². The van der Waals surface area contributed by atoms with Crippen molar-refractivity contribution in [1.29, 1.82) is 0 Å². The lowest BCUT2D eigenvalue weighted by Crippen LogP contribution is -2.33. The van der Waals surface area contributed by atoms with Crippen LogP contribution in [0.5, 0.6) is 0 Å². The second-order valence-corrected chi connectivity index (χ2v) is 6.04. The molecule has 0 bridgehead atoms. The van der Waals surface area contributed by atoms with Gasteiger partial charge in [0.2, 0.25) is 5.91 Å². The van der Waals surface area contributed by atoms with Crippen LogP contribution in [0.25, 0.3) is 0 Å². The van der Waals surface area contributed by atoms with Crippen molar-refractivity contribution in [3.63, 3.8) is 0 Å². The van der Waals surface area contributed by atoms with Crippen molar-refractivity contribution >= 4 is 5.91 Å². The minimum atomic E-state index is 0.0483. The molecule has 0 aromatic heterocycles. The van der Waals surface area contributed by atoms with E-state index in [0.717, 1.165) is 12.8 Å². The highest BCUT2D eigenvalue weighted by Gasteiger charge is 2.14. The SMILES string of the molecule is CNNC(=O)CCCc1cc(C(C)(C)C)ccc1C. The molecule has 1 amide bonds. The third-order valence-electron chi connectivity index (χ3n) is 3.33. The van der Waals surface area contributed by atoms with Gasteiger partial charge in [-0.15, -0.1) is 0 Å². The Balaban J connectivity index is 2.65. The van der Waals surface area contributed by atoms with Crippen LogP contribution in [0.4, 0.5) is 0 Å². The van der Waals surface area contributed by atoms with Crippen LogP contribution in [0.2, 0.25) is 0 Å². The van der Waals surface area contributed by atoms with E-state index in [0.29, 0.717) is 6.42 Å². The highest BCUT2D eigenvalue weighted by atomic mass is 16.2. The average Bonchev–Trinajstić information content (AvgIpc) is 2.30. The third-order valence-corrected chi connectivity index (χ3v) is 3.33. The summed E-state index contributed by atoms with van der Waals surface area (Å²) in [5.74, 6) is 0.0483. The van der Waals surface area contributed by atoms with Gasteiger partial charge in [0.05, 0.1) is 0 Å². The molecular formula is C16H26N2O. The van der Waals surface area contributed by atoms with E-state index < -0.39 is 0 Å². The minimum absolute atomic E-state index is 0.0483. The van der Waals surface area contributed by atoms with E-state index in [4.69, 9.17) is 0 Å². The maximum Gasteiger partial charge on any atom is 0.234 e. The molecule has 0 aliphatic carbocycles. The van der Waals surface area contributed by atoms with Crippen molar-refractivity contribution in [2.75, 3.05) is 7.05 Å². The zero-order chi connectivity index (χ0) is 14.5. The summed E-state index contributed by atoms with van der Waals surface area (Å²) in [5, 5.41) is 0. The van der Waals surface area contributed by atoms with Gasteiger partial charge in [0.1, 0.15) is 0 Å². The van der Waals surface area contributed by atoms with E-state index in [1.807, 2.05) is 0 Å². The third kappa shape index (κ3) is 5.03. The molecule has 19 heavy (non-hydrogen) atoms. The molecule has 3 nitrogen and oxygen atoms in total. The van der Waals surface area contributed by atoms with E-state index in [2.05, 4.69) is 56.7 Å². The monoisotopic (exact) mass is 262 g/mol. The highest BCUT2D eigenvalue weighted by Crippen LogP contribution is 2.25. The van der Waals surface area contributed by atoms with Crippen LogP contribution in [0.3, 0.4) is 0 Å². The molecule has 2 N–H and O–H groups in total. The molecule has 0 heterocycles. The number of carbonyl (C=O) groups is 1. The van der Waals surface area contributed by atoms with Gasteiger partial charge in [-0.05, 0) is 41.9 Å². The number of aryl methyl sites for hydroxylation is 2. The number of nitrogens with one attached hydrogen (secondary N) is 2. The predicted octanol–water partition coefficient (Wildman–Crippen LogP) is 2.87. The molecular weight excluding hydrogens is 236 g/mol. The van der Waals surface area contributed by atoms with Crippen LogP contribution in [-0.2, 0) is 16.6 Å². The maximum atomic E-state index is 11.4. The van der Waals surface area contributed by atoms with Gasteiger partial charge in [-0.3, -0.25) is 10.2 Å². The van der Waals surface area contributed by atoms with E-state index in [-0.39, 0.29) is 11.3 Å². The summed E-state index contributed by atoms with van der Waals surface area (Å²) in [6, 6.07) is 6.67. The Kier molecular flexibility index (Phi) is 5.55. The molecule has 0 unspecified atom stereocenters. The standard InChI is InChI=1S/C16H26N2O/c1-12-9-10-14(16(2,3)4)11-13(12)7-6-8-15(19)18-17-5/h9-11,17H,6-8H2,1-5H3,(H,18,19).